The van der Waals surface area contributed by atoms with E-state index in [1.807, 2.05) is 6.07 Å². The first-order valence-electron chi connectivity index (χ1n) is 20.5. The third-order valence-electron chi connectivity index (χ3n) is 11.7. The Morgan fingerprint density at radius 1 is 0.233 bits per heavy atom. The molecule has 0 saturated heterocycles. The van der Waals surface area contributed by atoms with Crippen LogP contribution in [0.15, 0.2) is 231 Å². The first-order valence-corrected chi connectivity index (χ1v) is 20.5. The van der Waals surface area contributed by atoms with E-state index in [-0.39, 0.29) is 0 Å². The normalized spacial score (nSPS) is 11.3. The van der Waals surface area contributed by atoms with Gasteiger partial charge in [-0.05, 0) is 95.0 Å². The molecule has 0 saturated carbocycles. The topological polar surface area (TPSA) is 25.8 Å². The lowest BCUT2D eigenvalue weighted by atomic mass is 9.89. The molecule has 0 N–H and O–H groups in total. The summed E-state index contributed by atoms with van der Waals surface area (Å²) in [5, 5.41) is 7.50. The van der Waals surface area contributed by atoms with Crippen LogP contribution in [0.2, 0.25) is 0 Å². The van der Waals surface area contributed by atoms with Gasteiger partial charge in [0, 0.05) is 16.7 Å². The second kappa shape index (κ2) is 15.1. The second-order valence-corrected chi connectivity index (χ2v) is 15.3. The van der Waals surface area contributed by atoms with Crippen LogP contribution in [-0.4, -0.2) is 9.97 Å². The molecular formula is C58H38N2. The Labute approximate surface area is 349 Å². The van der Waals surface area contributed by atoms with Gasteiger partial charge in [0.1, 0.15) is 0 Å². The van der Waals surface area contributed by atoms with Crippen LogP contribution in [-0.2, 0) is 0 Å². The summed E-state index contributed by atoms with van der Waals surface area (Å²) in [5.41, 5.74) is 14.1. The van der Waals surface area contributed by atoms with E-state index in [1.165, 1.54) is 49.0 Å². The minimum Gasteiger partial charge on any atom is -0.228 e. The summed E-state index contributed by atoms with van der Waals surface area (Å²) in [6, 6.07) is 82.4. The zero-order valence-corrected chi connectivity index (χ0v) is 32.8. The highest BCUT2D eigenvalue weighted by Gasteiger charge is 2.17. The molecule has 60 heavy (non-hydrogen) atoms. The van der Waals surface area contributed by atoms with Gasteiger partial charge in [0.05, 0.1) is 11.4 Å². The summed E-state index contributed by atoms with van der Waals surface area (Å²) in [6.07, 6.45) is 0. The predicted molar refractivity (Wildman–Crippen MR) is 253 cm³/mol. The van der Waals surface area contributed by atoms with Crippen LogP contribution in [0, 0.1) is 0 Å². The standard InChI is InChI=1S/C58H38N2/c1-4-14-39(15-5-1)41-24-30-46(31-25-41)58-59-55(38-56(60-58)54-36-47(40-16-6-2-7-17-40)33-34-50(54)42-18-8-3-9-19-42)44-26-28-45(29-27-44)57-51-23-13-11-21-48(51)37-53-49-22-12-10-20-43(49)32-35-52(53)57/h1-38H. The lowest BCUT2D eigenvalue weighted by Crippen LogP contribution is -1.98. The van der Waals surface area contributed by atoms with Crippen molar-refractivity contribution in [2.24, 2.45) is 0 Å². The SMILES string of the molecule is c1ccc(-c2ccc(-c3nc(-c4ccc(-c5c6ccccc6cc6c5ccc5ccccc56)cc4)cc(-c4cc(-c5ccccc5)ccc4-c4ccccc4)n3)cc2)cc1. The maximum Gasteiger partial charge on any atom is 0.160 e. The number of hydrogen-bond donors (Lipinski definition) is 0. The Hall–Kier alpha value is -7.94. The zero-order valence-electron chi connectivity index (χ0n) is 32.8. The van der Waals surface area contributed by atoms with E-state index in [9.17, 15) is 0 Å². The fourth-order valence-electron chi connectivity index (χ4n) is 8.68. The van der Waals surface area contributed by atoms with Gasteiger partial charge in [-0.2, -0.15) is 0 Å². The first-order chi connectivity index (χ1) is 29.7. The second-order valence-electron chi connectivity index (χ2n) is 15.3. The zero-order chi connectivity index (χ0) is 39.8. The summed E-state index contributed by atoms with van der Waals surface area (Å²) in [7, 11) is 0. The van der Waals surface area contributed by atoms with E-state index < -0.39 is 0 Å². The summed E-state index contributed by atoms with van der Waals surface area (Å²) in [5.74, 6) is 0.683. The van der Waals surface area contributed by atoms with E-state index in [0.29, 0.717) is 5.82 Å². The first kappa shape index (κ1) is 35.2. The van der Waals surface area contributed by atoms with E-state index in [1.54, 1.807) is 0 Å². The molecule has 0 radical (unpaired) electrons. The number of hydrogen-bond acceptors (Lipinski definition) is 2. The smallest absolute Gasteiger partial charge is 0.160 e. The molecule has 0 amide bonds. The Morgan fingerprint density at radius 3 is 1.47 bits per heavy atom. The van der Waals surface area contributed by atoms with Gasteiger partial charge in [-0.1, -0.05) is 212 Å². The number of nitrogens with zero attached hydrogens (tertiary/aromatic N) is 2. The van der Waals surface area contributed by atoms with Gasteiger partial charge < -0.3 is 0 Å². The Morgan fingerprint density at radius 2 is 0.750 bits per heavy atom. The molecule has 2 heteroatoms. The van der Waals surface area contributed by atoms with Crippen molar-refractivity contribution in [2.75, 3.05) is 0 Å². The molecule has 0 spiro atoms. The van der Waals surface area contributed by atoms with Crippen LogP contribution in [0.5, 0.6) is 0 Å². The number of rotatable bonds is 7. The third-order valence-corrected chi connectivity index (χ3v) is 11.7. The quantitative estimate of drug-likeness (QED) is 0.119. The van der Waals surface area contributed by atoms with Crippen molar-refractivity contribution < 1.29 is 0 Å². The highest BCUT2D eigenvalue weighted by molar-refractivity contribution is 6.20. The maximum atomic E-state index is 5.37. The highest BCUT2D eigenvalue weighted by Crippen LogP contribution is 2.41. The lowest BCUT2D eigenvalue weighted by molar-refractivity contribution is 1.18. The maximum absolute atomic E-state index is 5.37. The summed E-state index contributed by atoms with van der Waals surface area (Å²) in [6.45, 7) is 0. The average molecular weight is 763 g/mol. The third kappa shape index (κ3) is 6.51. The van der Waals surface area contributed by atoms with Crippen LogP contribution >= 0.6 is 0 Å². The average Bonchev–Trinajstić information content (AvgIpc) is 3.34. The molecule has 10 aromatic carbocycles. The molecule has 2 nitrogen and oxygen atoms in total. The van der Waals surface area contributed by atoms with Gasteiger partial charge in [-0.3, -0.25) is 0 Å². The minimum absolute atomic E-state index is 0.683. The van der Waals surface area contributed by atoms with Crippen molar-refractivity contribution in [1.82, 2.24) is 9.97 Å². The van der Waals surface area contributed by atoms with Gasteiger partial charge in [-0.15, -0.1) is 0 Å². The van der Waals surface area contributed by atoms with Crippen LogP contribution in [0.25, 0.3) is 111 Å². The van der Waals surface area contributed by atoms with Gasteiger partial charge >= 0.3 is 0 Å². The summed E-state index contributed by atoms with van der Waals surface area (Å²) in [4.78, 5) is 10.7. The molecule has 0 unspecified atom stereocenters. The molecule has 11 rings (SSSR count). The van der Waals surface area contributed by atoms with Crippen LogP contribution in [0.1, 0.15) is 0 Å². The van der Waals surface area contributed by atoms with Crippen molar-refractivity contribution in [3.63, 3.8) is 0 Å². The molecule has 280 valence electrons. The molecule has 0 atom stereocenters. The van der Waals surface area contributed by atoms with Crippen LogP contribution in [0.3, 0.4) is 0 Å². The van der Waals surface area contributed by atoms with Crippen molar-refractivity contribution >= 4 is 32.3 Å². The van der Waals surface area contributed by atoms with Gasteiger partial charge in [0.25, 0.3) is 0 Å². The summed E-state index contributed by atoms with van der Waals surface area (Å²) >= 11 is 0. The fraction of sp³-hybridized carbons (Fsp3) is 0. The van der Waals surface area contributed by atoms with Crippen molar-refractivity contribution in [3.05, 3.63) is 231 Å². The minimum atomic E-state index is 0.683. The van der Waals surface area contributed by atoms with Gasteiger partial charge in [0.15, 0.2) is 5.82 Å². The van der Waals surface area contributed by atoms with Gasteiger partial charge in [0.2, 0.25) is 0 Å². The monoisotopic (exact) mass is 762 g/mol. The van der Waals surface area contributed by atoms with E-state index >= 15 is 0 Å². The van der Waals surface area contributed by atoms with E-state index in [4.69, 9.17) is 9.97 Å². The number of fused-ring (bicyclic) bond motifs is 4. The molecule has 0 aliphatic rings. The van der Waals surface area contributed by atoms with Gasteiger partial charge in [-0.25, -0.2) is 9.97 Å². The molecule has 0 bridgehead atoms. The highest BCUT2D eigenvalue weighted by atomic mass is 14.9. The fourth-order valence-corrected chi connectivity index (χ4v) is 8.68. The number of aromatic nitrogens is 2. The van der Waals surface area contributed by atoms with Crippen LogP contribution < -0.4 is 0 Å². The van der Waals surface area contributed by atoms with Crippen LogP contribution in [0.4, 0.5) is 0 Å². The lowest BCUT2D eigenvalue weighted by Gasteiger charge is -2.16. The Bertz CT molecular complexity index is 3320. The Balaban J connectivity index is 1.09. The van der Waals surface area contributed by atoms with E-state index in [0.717, 1.165) is 55.9 Å². The molecule has 0 aliphatic heterocycles. The number of benzene rings is 10. The van der Waals surface area contributed by atoms with Crippen molar-refractivity contribution in [1.29, 1.82) is 0 Å². The van der Waals surface area contributed by atoms with Crippen molar-refractivity contribution in [2.45, 2.75) is 0 Å². The molecular weight excluding hydrogens is 725 g/mol. The Kier molecular flexibility index (Phi) is 8.87. The largest absolute Gasteiger partial charge is 0.228 e. The molecule has 1 heterocycles. The predicted octanol–water partition coefficient (Wildman–Crippen LogP) is 15.6. The van der Waals surface area contributed by atoms with E-state index in [2.05, 4.69) is 224 Å². The van der Waals surface area contributed by atoms with Crippen molar-refractivity contribution in [3.8, 4) is 78.4 Å². The molecule has 0 aliphatic carbocycles. The molecule has 0 fully saturated rings. The summed E-state index contributed by atoms with van der Waals surface area (Å²) < 4.78 is 0. The molecule has 11 aromatic rings. The molecule has 1 aromatic heterocycles.